The molecule has 0 amide bonds. The number of hydrogen-bond acceptors (Lipinski definition) is 6. The molecule has 5 nitrogen and oxygen atoms in total. The van der Waals surface area contributed by atoms with Crippen LogP contribution in [0.3, 0.4) is 0 Å². The first-order valence-electron chi connectivity index (χ1n) is 6.39. The first-order chi connectivity index (χ1) is 9.85. The van der Waals surface area contributed by atoms with Gasteiger partial charge in [0.25, 0.3) is 0 Å². The van der Waals surface area contributed by atoms with E-state index in [4.69, 9.17) is 4.42 Å². The Hall–Kier alpha value is -2.21. The van der Waals surface area contributed by atoms with Gasteiger partial charge in [0.1, 0.15) is 0 Å². The van der Waals surface area contributed by atoms with Crippen molar-refractivity contribution >= 4 is 17.0 Å². The molecule has 2 aromatic heterocycles. The molecule has 0 atom stereocenters. The van der Waals surface area contributed by atoms with Crippen molar-refractivity contribution in [3.05, 3.63) is 46.7 Å². The van der Waals surface area contributed by atoms with Gasteiger partial charge < -0.3 is 9.73 Å². The van der Waals surface area contributed by atoms with Crippen molar-refractivity contribution in [2.45, 2.75) is 19.9 Å². The lowest BCUT2D eigenvalue weighted by molar-refractivity contribution is 0.568. The number of hydrogen-bond donors (Lipinski definition) is 1. The number of aromatic nitrogens is 3. The third-order valence-corrected chi connectivity index (χ3v) is 4.00. The summed E-state index contributed by atoms with van der Waals surface area (Å²) in [6, 6.07) is 7.92. The molecule has 3 rings (SSSR count). The zero-order chi connectivity index (χ0) is 13.8. The number of rotatable bonds is 5. The minimum atomic E-state index is 0.534. The fraction of sp³-hybridized carbons (Fsp3) is 0.214. The molecule has 1 N–H and O–H groups in total. The highest BCUT2D eigenvalue weighted by molar-refractivity contribution is 7.11. The number of nitrogens with zero attached hydrogens (tertiary/aromatic N) is 3. The molecule has 0 spiro atoms. The average Bonchev–Trinajstić information content (AvgIpc) is 3.17. The molecule has 102 valence electrons. The van der Waals surface area contributed by atoms with Gasteiger partial charge in [-0.25, -0.2) is 4.98 Å². The molecule has 20 heavy (non-hydrogen) atoms. The maximum atomic E-state index is 5.15. The Morgan fingerprint density at radius 2 is 2.10 bits per heavy atom. The lowest BCUT2D eigenvalue weighted by atomic mass is 10.2. The summed E-state index contributed by atoms with van der Waals surface area (Å²) in [5.74, 6) is 0.534. The van der Waals surface area contributed by atoms with E-state index in [0.717, 1.165) is 24.2 Å². The molecule has 0 fully saturated rings. The molecule has 0 radical (unpaired) electrons. The summed E-state index contributed by atoms with van der Waals surface area (Å²) in [6.07, 6.45) is 4.25. The van der Waals surface area contributed by atoms with Gasteiger partial charge in [-0.1, -0.05) is 6.92 Å². The first kappa shape index (κ1) is 12.8. The molecule has 0 aliphatic carbocycles. The van der Waals surface area contributed by atoms with Gasteiger partial charge in [0.2, 0.25) is 12.3 Å². The second-order valence-corrected chi connectivity index (χ2v) is 5.45. The van der Waals surface area contributed by atoms with E-state index in [2.05, 4.69) is 27.4 Å². The normalized spacial score (nSPS) is 10.7. The van der Waals surface area contributed by atoms with Gasteiger partial charge in [0.15, 0.2) is 0 Å². The van der Waals surface area contributed by atoms with Gasteiger partial charge >= 0.3 is 0 Å². The number of thiazole rings is 1. The minimum Gasteiger partial charge on any atom is -0.423 e. The quantitative estimate of drug-likeness (QED) is 0.779. The van der Waals surface area contributed by atoms with Crippen molar-refractivity contribution in [3.8, 4) is 11.5 Å². The summed E-state index contributed by atoms with van der Waals surface area (Å²) in [5.41, 5.74) is 1.97. The second kappa shape index (κ2) is 5.83. The monoisotopic (exact) mass is 286 g/mol. The van der Waals surface area contributed by atoms with Gasteiger partial charge in [-0.3, -0.25) is 0 Å². The Labute approximate surface area is 120 Å². The Morgan fingerprint density at radius 1 is 1.25 bits per heavy atom. The molecular formula is C14H14N4OS. The van der Waals surface area contributed by atoms with Crippen molar-refractivity contribution in [2.75, 3.05) is 5.32 Å². The van der Waals surface area contributed by atoms with Gasteiger partial charge in [0.05, 0.1) is 11.6 Å². The van der Waals surface area contributed by atoms with Crippen LogP contribution in [0.1, 0.15) is 16.8 Å². The van der Waals surface area contributed by atoms with E-state index in [1.807, 2.05) is 30.5 Å². The summed E-state index contributed by atoms with van der Waals surface area (Å²) in [6.45, 7) is 2.91. The van der Waals surface area contributed by atoms with E-state index in [0.29, 0.717) is 5.89 Å². The third kappa shape index (κ3) is 2.85. The van der Waals surface area contributed by atoms with Crippen LogP contribution < -0.4 is 5.32 Å². The van der Waals surface area contributed by atoms with Crippen molar-refractivity contribution in [1.82, 2.24) is 15.2 Å². The second-order valence-electron chi connectivity index (χ2n) is 4.25. The maximum Gasteiger partial charge on any atom is 0.247 e. The fourth-order valence-corrected chi connectivity index (χ4v) is 2.61. The minimum absolute atomic E-state index is 0.534. The van der Waals surface area contributed by atoms with Crippen molar-refractivity contribution in [2.24, 2.45) is 0 Å². The summed E-state index contributed by atoms with van der Waals surface area (Å²) in [7, 11) is 0. The van der Waals surface area contributed by atoms with Crippen molar-refractivity contribution in [3.63, 3.8) is 0 Å². The number of benzene rings is 1. The maximum absolute atomic E-state index is 5.15. The van der Waals surface area contributed by atoms with Crippen LogP contribution in [-0.2, 0) is 13.0 Å². The number of anilines is 1. The summed E-state index contributed by atoms with van der Waals surface area (Å²) >= 11 is 1.75. The molecule has 6 heteroatoms. The molecule has 0 aliphatic rings. The Morgan fingerprint density at radius 3 is 2.75 bits per heavy atom. The largest absolute Gasteiger partial charge is 0.423 e. The van der Waals surface area contributed by atoms with Crippen LogP contribution in [0.15, 0.2) is 41.3 Å². The predicted molar refractivity (Wildman–Crippen MR) is 78.6 cm³/mol. The topological polar surface area (TPSA) is 63.8 Å². The van der Waals surface area contributed by atoms with E-state index in [1.54, 1.807) is 11.3 Å². The lowest BCUT2D eigenvalue weighted by Crippen LogP contribution is -1.96. The molecule has 1 aromatic carbocycles. The molecule has 3 aromatic rings. The van der Waals surface area contributed by atoms with Crippen LogP contribution in [0, 0.1) is 0 Å². The van der Waals surface area contributed by atoms with Gasteiger partial charge in [-0.05, 0) is 30.7 Å². The van der Waals surface area contributed by atoms with Crippen molar-refractivity contribution in [1.29, 1.82) is 0 Å². The third-order valence-electron chi connectivity index (χ3n) is 2.86. The van der Waals surface area contributed by atoms with Crippen LogP contribution in [0.25, 0.3) is 11.5 Å². The van der Waals surface area contributed by atoms with Crippen LogP contribution in [0.2, 0.25) is 0 Å². The zero-order valence-electron chi connectivity index (χ0n) is 11.0. The van der Waals surface area contributed by atoms with E-state index in [9.17, 15) is 0 Å². The lowest BCUT2D eigenvalue weighted by Gasteiger charge is -2.04. The van der Waals surface area contributed by atoms with Crippen LogP contribution in [0.5, 0.6) is 0 Å². The smallest absolute Gasteiger partial charge is 0.247 e. The molecule has 0 saturated heterocycles. The van der Waals surface area contributed by atoms with Gasteiger partial charge in [-0.15, -0.1) is 21.5 Å². The SMILES string of the molecule is CCc1ncc(CNc2ccc(-c3nnco3)cc2)s1. The predicted octanol–water partition coefficient (Wildman–Crippen LogP) is 3.37. The van der Waals surface area contributed by atoms with Gasteiger partial charge in [0, 0.05) is 22.3 Å². The van der Waals surface area contributed by atoms with E-state index >= 15 is 0 Å². The molecule has 0 bridgehead atoms. The Kier molecular flexibility index (Phi) is 3.73. The highest BCUT2D eigenvalue weighted by Gasteiger charge is 2.03. The molecular weight excluding hydrogens is 272 g/mol. The van der Waals surface area contributed by atoms with Gasteiger partial charge in [-0.2, -0.15) is 0 Å². The standard InChI is InChI=1S/C14H14N4OS/c1-2-13-16-8-12(20-13)7-15-11-5-3-10(4-6-11)14-18-17-9-19-14/h3-6,8-9,15H,2,7H2,1H3. The first-order valence-corrected chi connectivity index (χ1v) is 7.21. The highest BCUT2D eigenvalue weighted by Crippen LogP contribution is 2.20. The van der Waals surface area contributed by atoms with Crippen LogP contribution >= 0.6 is 11.3 Å². The molecule has 0 aliphatic heterocycles. The van der Waals surface area contributed by atoms with Crippen LogP contribution in [0.4, 0.5) is 5.69 Å². The van der Waals surface area contributed by atoms with Crippen molar-refractivity contribution < 1.29 is 4.42 Å². The average molecular weight is 286 g/mol. The molecule has 2 heterocycles. The summed E-state index contributed by atoms with van der Waals surface area (Å²) < 4.78 is 5.15. The Bertz CT molecular complexity index is 661. The Balaban J connectivity index is 1.63. The van der Waals surface area contributed by atoms with E-state index in [-0.39, 0.29) is 0 Å². The molecule has 0 unspecified atom stereocenters. The zero-order valence-corrected chi connectivity index (χ0v) is 11.9. The van der Waals surface area contributed by atoms with E-state index in [1.165, 1.54) is 16.3 Å². The highest BCUT2D eigenvalue weighted by atomic mass is 32.1. The summed E-state index contributed by atoms with van der Waals surface area (Å²) in [4.78, 5) is 5.58. The number of nitrogens with one attached hydrogen (secondary N) is 1. The fourth-order valence-electron chi connectivity index (χ4n) is 1.81. The van der Waals surface area contributed by atoms with E-state index < -0.39 is 0 Å². The molecule has 0 saturated carbocycles. The van der Waals surface area contributed by atoms with Crippen LogP contribution in [-0.4, -0.2) is 15.2 Å². The summed E-state index contributed by atoms with van der Waals surface area (Å²) in [5, 5.41) is 12.1. The number of aryl methyl sites for hydroxylation is 1.